The molecule has 3 heteroatoms. The Morgan fingerprint density at radius 2 is 1.71 bits per heavy atom. The number of benzene rings is 2. The maximum atomic E-state index is 12.0. The number of rotatable bonds is 3. The van der Waals surface area contributed by atoms with E-state index in [1.54, 1.807) is 13.0 Å². The van der Waals surface area contributed by atoms with Crippen molar-refractivity contribution in [3.05, 3.63) is 77.5 Å². The van der Waals surface area contributed by atoms with Crippen molar-refractivity contribution >= 4 is 5.97 Å². The zero-order chi connectivity index (χ0) is 16.5. The number of carbonyl (C=O) groups excluding carboxylic acids is 1. The van der Waals surface area contributed by atoms with Crippen molar-refractivity contribution in [3.8, 4) is 22.4 Å². The molecule has 1 aliphatic rings. The number of esters is 1. The number of hydrogen-bond acceptors (Lipinski definition) is 3. The monoisotopic (exact) mass is 315 g/mol. The largest absolute Gasteiger partial charge is 0.461 e. The minimum Gasteiger partial charge on any atom is -0.461 e. The van der Waals surface area contributed by atoms with Crippen LogP contribution < -0.4 is 0 Å². The first-order valence-electron chi connectivity index (χ1n) is 8.12. The predicted molar refractivity (Wildman–Crippen MR) is 93.9 cm³/mol. The van der Waals surface area contributed by atoms with Gasteiger partial charge in [-0.05, 0) is 47.7 Å². The molecule has 1 aliphatic carbocycles. The van der Waals surface area contributed by atoms with Crippen LogP contribution in [0.2, 0.25) is 0 Å². The highest BCUT2D eigenvalue weighted by atomic mass is 16.5. The highest BCUT2D eigenvalue weighted by Gasteiger charge is 2.21. The van der Waals surface area contributed by atoms with Gasteiger partial charge in [0.1, 0.15) is 5.69 Å². The first kappa shape index (κ1) is 14.6. The van der Waals surface area contributed by atoms with Crippen LogP contribution >= 0.6 is 0 Å². The highest BCUT2D eigenvalue weighted by Crippen LogP contribution is 2.40. The molecule has 0 atom stereocenters. The third-order valence-corrected chi connectivity index (χ3v) is 4.36. The Bertz CT molecular complexity index is 931. The summed E-state index contributed by atoms with van der Waals surface area (Å²) >= 11 is 0. The molecule has 0 aliphatic heterocycles. The molecule has 0 saturated carbocycles. The lowest BCUT2D eigenvalue weighted by Gasteiger charge is -2.09. The fourth-order valence-corrected chi connectivity index (χ4v) is 3.30. The third-order valence-electron chi connectivity index (χ3n) is 4.36. The average Bonchev–Trinajstić information content (AvgIpc) is 3.01. The zero-order valence-electron chi connectivity index (χ0n) is 13.5. The Morgan fingerprint density at radius 3 is 2.58 bits per heavy atom. The summed E-state index contributed by atoms with van der Waals surface area (Å²) in [5, 5.41) is 0. The van der Waals surface area contributed by atoms with Gasteiger partial charge in [-0.25, -0.2) is 9.78 Å². The molecule has 4 rings (SSSR count). The van der Waals surface area contributed by atoms with E-state index in [-0.39, 0.29) is 5.97 Å². The normalized spacial score (nSPS) is 11.7. The van der Waals surface area contributed by atoms with Crippen molar-refractivity contribution in [3.63, 3.8) is 0 Å². The number of ether oxygens (including phenoxy) is 1. The summed E-state index contributed by atoms with van der Waals surface area (Å²) < 4.78 is 5.06. The lowest BCUT2D eigenvalue weighted by Crippen LogP contribution is -2.07. The van der Waals surface area contributed by atoms with Gasteiger partial charge in [0.15, 0.2) is 0 Å². The van der Waals surface area contributed by atoms with Gasteiger partial charge < -0.3 is 4.74 Å². The Labute approximate surface area is 140 Å². The van der Waals surface area contributed by atoms with Crippen molar-refractivity contribution in [2.45, 2.75) is 13.3 Å². The van der Waals surface area contributed by atoms with Crippen LogP contribution in [0.4, 0.5) is 0 Å². The Morgan fingerprint density at radius 1 is 0.958 bits per heavy atom. The van der Waals surface area contributed by atoms with E-state index in [0.717, 1.165) is 17.7 Å². The summed E-state index contributed by atoms with van der Waals surface area (Å²) in [6.45, 7) is 2.14. The third kappa shape index (κ3) is 2.38. The van der Waals surface area contributed by atoms with Crippen LogP contribution in [0.15, 0.2) is 60.7 Å². The molecule has 0 fully saturated rings. The van der Waals surface area contributed by atoms with Crippen molar-refractivity contribution in [2.75, 3.05) is 6.61 Å². The lowest BCUT2D eigenvalue weighted by atomic mass is 9.98. The number of aromatic nitrogens is 1. The predicted octanol–water partition coefficient (Wildman–Crippen LogP) is 4.50. The molecule has 1 aromatic heterocycles. The fourth-order valence-electron chi connectivity index (χ4n) is 3.30. The molecule has 3 nitrogen and oxygen atoms in total. The van der Waals surface area contributed by atoms with Gasteiger partial charge in [0.05, 0.1) is 12.3 Å². The van der Waals surface area contributed by atoms with Gasteiger partial charge in [-0.2, -0.15) is 0 Å². The molecule has 0 amide bonds. The van der Waals surface area contributed by atoms with Crippen LogP contribution in [0.25, 0.3) is 22.4 Å². The van der Waals surface area contributed by atoms with E-state index in [0.29, 0.717) is 12.3 Å². The maximum absolute atomic E-state index is 12.0. The van der Waals surface area contributed by atoms with Gasteiger partial charge in [0.2, 0.25) is 0 Å². The van der Waals surface area contributed by atoms with Gasteiger partial charge in [0, 0.05) is 5.56 Å². The Kier molecular flexibility index (Phi) is 3.62. The SMILES string of the molecule is CCOC(=O)c1cccc(-c2cccc3c2Cc2ccccc2-3)n1. The minimum absolute atomic E-state index is 0.348. The Balaban J connectivity index is 1.80. The van der Waals surface area contributed by atoms with Crippen LogP contribution in [-0.2, 0) is 11.2 Å². The van der Waals surface area contributed by atoms with Crippen LogP contribution in [0.3, 0.4) is 0 Å². The Hall–Kier alpha value is -2.94. The van der Waals surface area contributed by atoms with Crippen molar-refractivity contribution in [1.82, 2.24) is 4.98 Å². The molecule has 1 heterocycles. The van der Waals surface area contributed by atoms with E-state index in [2.05, 4.69) is 47.4 Å². The summed E-state index contributed by atoms with van der Waals surface area (Å²) in [4.78, 5) is 16.5. The number of pyridine rings is 1. The van der Waals surface area contributed by atoms with Crippen LogP contribution in [0.1, 0.15) is 28.5 Å². The molecule has 3 aromatic rings. The van der Waals surface area contributed by atoms with E-state index in [4.69, 9.17) is 4.74 Å². The zero-order valence-corrected chi connectivity index (χ0v) is 13.5. The van der Waals surface area contributed by atoms with E-state index >= 15 is 0 Å². The van der Waals surface area contributed by atoms with E-state index in [9.17, 15) is 4.79 Å². The van der Waals surface area contributed by atoms with Gasteiger partial charge >= 0.3 is 5.97 Å². The van der Waals surface area contributed by atoms with Gasteiger partial charge in [-0.1, -0.05) is 48.5 Å². The summed E-state index contributed by atoms with van der Waals surface area (Å²) in [6.07, 6.45) is 0.896. The summed E-state index contributed by atoms with van der Waals surface area (Å²) in [7, 11) is 0. The second-order valence-electron chi connectivity index (χ2n) is 5.79. The minimum atomic E-state index is -0.379. The van der Waals surface area contributed by atoms with E-state index in [1.165, 1.54) is 22.3 Å². The quantitative estimate of drug-likeness (QED) is 0.523. The summed E-state index contributed by atoms with van der Waals surface area (Å²) in [5.41, 5.74) is 7.39. The standard InChI is InChI=1S/C21H17NO2/c1-2-24-21(23)20-12-6-11-19(22-20)17-10-5-9-16-15-8-4-3-7-14(15)13-18(16)17/h3-12H,2,13H2,1H3. The average molecular weight is 315 g/mol. The summed E-state index contributed by atoms with van der Waals surface area (Å²) in [5.74, 6) is -0.379. The molecule has 0 bridgehead atoms. The van der Waals surface area contributed by atoms with Gasteiger partial charge in [-0.15, -0.1) is 0 Å². The first-order chi connectivity index (χ1) is 11.8. The second kappa shape index (κ2) is 5.93. The van der Waals surface area contributed by atoms with Crippen LogP contribution in [-0.4, -0.2) is 17.6 Å². The number of fused-ring (bicyclic) bond motifs is 3. The molecule has 0 unspecified atom stereocenters. The smallest absolute Gasteiger partial charge is 0.356 e. The summed E-state index contributed by atoms with van der Waals surface area (Å²) in [6, 6.07) is 20.2. The fraction of sp³-hybridized carbons (Fsp3) is 0.143. The molecule has 0 radical (unpaired) electrons. The number of carbonyl (C=O) groups is 1. The molecule has 118 valence electrons. The van der Waals surface area contributed by atoms with Crippen LogP contribution in [0.5, 0.6) is 0 Å². The molecule has 0 saturated heterocycles. The van der Waals surface area contributed by atoms with Crippen molar-refractivity contribution in [2.24, 2.45) is 0 Å². The van der Waals surface area contributed by atoms with Crippen molar-refractivity contribution in [1.29, 1.82) is 0 Å². The number of hydrogen-bond donors (Lipinski definition) is 0. The second-order valence-corrected chi connectivity index (χ2v) is 5.79. The highest BCUT2D eigenvalue weighted by molar-refractivity contribution is 5.89. The van der Waals surface area contributed by atoms with Gasteiger partial charge in [-0.3, -0.25) is 0 Å². The molecular weight excluding hydrogens is 298 g/mol. The van der Waals surface area contributed by atoms with Gasteiger partial charge in [0.25, 0.3) is 0 Å². The lowest BCUT2D eigenvalue weighted by molar-refractivity contribution is 0.0519. The molecule has 0 spiro atoms. The first-order valence-corrected chi connectivity index (χ1v) is 8.12. The molecule has 2 aromatic carbocycles. The van der Waals surface area contributed by atoms with Crippen LogP contribution in [0, 0.1) is 0 Å². The number of nitrogens with zero attached hydrogens (tertiary/aromatic N) is 1. The maximum Gasteiger partial charge on any atom is 0.356 e. The van der Waals surface area contributed by atoms with E-state index in [1.807, 2.05) is 12.1 Å². The molecule has 0 N–H and O–H groups in total. The van der Waals surface area contributed by atoms with Crippen molar-refractivity contribution < 1.29 is 9.53 Å². The molecule has 24 heavy (non-hydrogen) atoms. The topological polar surface area (TPSA) is 39.2 Å². The van der Waals surface area contributed by atoms with E-state index < -0.39 is 0 Å². The molecular formula is C21H17NO2.